The van der Waals surface area contributed by atoms with E-state index in [1.807, 2.05) is 29.1 Å². The molecule has 0 spiro atoms. The number of hydrogen-bond donors (Lipinski definition) is 1. The summed E-state index contributed by atoms with van der Waals surface area (Å²) in [6.07, 6.45) is 4.69. The van der Waals surface area contributed by atoms with E-state index < -0.39 is 0 Å². The Morgan fingerprint density at radius 2 is 2.00 bits per heavy atom. The fourth-order valence-electron chi connectivity index (χ4n) is 2.95. The van der Waals surface area contributed by atoms with Crippen LogP contribution in [0, 0.1) is 0 Å². The van der Waals surface area contributed by atoms with Crippen molar-refractivity contribution in [2.45, 2.75) is 13.0 Å². The Kier molecular flexibility index (Phi) is 5.61. The van der Waals surface area contributed by atoms with Crippen molar-refractivity contribution in [2.75, 3.05) is 45.1 Å². The number of rotatable bonds is 5. The predicted octanol–water partition coefficient (Wildman–Crippen LogP) is 1.51. The van der Waals surface area contributed by atoms with E-state index in [4.69, 9.17) is 0 Å². The molecule has 0 aliphatic carbocycles. The van der Waals surface area contributed by atoms with Crippen LogP contribution in [0.1, 0.15) is 12.0 Å². The molecular formula is C18H25N5O. The second kappa shape index (κ2) is 8.08. The quantitative estimate of drug-likeness (QED) is 0.904. The van der Waals surface area contributed by atoms with Crippen LogP contribution in [-0.2, 0) is 11.3 Å². The zero-order valence-corrected chi connectivity index (χ0v) is 14.2. The zero-order chi connectivity index (χ0) is 16.8. The molecule has 0 radical (unpaired) electrons. The largest absolute Gasteiger partial charge is 0.322 e. The van der Waals surface area contributed by atoms with Gasteiger partial charge in [0.1, 0.15) is 0 Å². The second-order valence-electron chi connectivity index (χ2n) is 6.39. The van der Waals surface area contributed by atoms with E-state index in [1.165, 1.54) is 5.56 Å². The topological polar surface area (TPSA) is 53.4 Å². The Morgan fingerprint density at radius 1 is 1.17 bits per heavy atom. The van der Waals surface area contributed by atoms with Crippen molar-refractivity contribution in [2.24, 2.45) is 0 Å². The first-order valence-corrected chi connectivity index (χ1v) is 8.46. The molecule has 1 N–H and O–H groups in total. The number of likely N-dealkylation sites (N-methyl/N-ethyl adjacent to an activating group) is 1. The van der Waals surface area contributed by atoms with Gasteiger partial charge < -0.3 is 10.2 Å². The van der Waals surface area contributed by atoms with E-state index in [-0.39, 0.29) is 5.91 Å². The zero-order valence-electron chi connectivity index (χ0n) is 14.2. The summed E-state index contributed by atoms with van der Waals surface area (Å²) in [5.74, 6) is 0.0267. The molecule has 1 saturated heterocycles. The van der Waals surface area contributed by atoms with Crippen molar-refractivity contribution in [3.05, 3.63) is 48.3 Å². The smallest absolute Gasteiger partial charge is 0.238 e. The average Bonchev–Trinajstić information content (AvgIpc) is 2.89. The first kappa shape index (κ1) is 16.7. The van der Waals surface area contributed by atoms with Gasteiger partial charge in [0.15, 0.2) is 0 Å². The van der Waals surface area contributed by atoms with Gasteiger partial charge in [0.05, 0.1) is 25.0 Å². The SMILES string of the molecule is CN1CCCN(CC(=O)Nc2cnn(Cc3ccccc3)c2)CC1. The number of benzene rings is 1. The number of nitrogens with zero attached hydrogens (tertiary/aromatic N) is 4. The maximum Gasteiger partial charge on any atom is 0.238 e. The Balaban J connectivity index is 1.50. The summed E-state index contributed by atoms with van der Waals surface area (Å²) in [7, 11) is 2.13. The van der Waals surface area contributed by atoms with E-state index in [1.54, 1.807) is 6.20 Å². The molecule has 1 aromatic carbocycles. The van der Waals surface area contributed by atoms with Crippen molar-refractivity contribution in [1.82, 2.24) is 19.6 Å². The van der Waals surface area contributed by atoms with E-state index in [0.29, 0.717) is 13.1 Å². The lowest BCUT2D eigenvalue weighted by Crippen LogP contribution is -2.35. The Bertz CT molecular complexity index is 654. The van der Waals surface area contributed by atoms with Crippen LogP contribution in [0.3, 0.4) is 0 Å². The summed E-state index contributed by atoms with van der Waals surface area (Å²) in [6.45, 7) is 5.18. The molecule has 2 heterocycles. The summed E-state index contributed by atoms with van der Waals surface area (Å²) in [5, 5.41) is 7.27. The van der Waals surface area contributed by atoms with Gasteiger partial charge in [-0.1, -0.05) is 30.3 Å². The first-order chi connectivity index (χ1) is 11.7. The van der Waals surface area contributed by atoms with Crippen LogP contribution in [0.15, 0.2) is 42.7 Å². The van der Waals surface area contributed by atoms with Crippen LogP contribution in [0.2, 0.25) is 0 Å². The highest BCUT2D eigenvalue weighted by atomic mass is 16.2. The molecule has 1 amide bonds. The molecule has 6 nitrogen and oxygen atoms in total. The van der Waals surface area contributed by atoms with Gasteiger partial charge in [-0.3, -0.25) is 14.4 Å². The number of aromatic nitrogens is 2. The highest BCUT2D eigenvalue weighted by Crippen LogP contribution is 2.08. The van der Waals surface area contributed by atoms with Crippen molar-refractivity contribution in [3.8, 4) is 0 Å². The fraction of sp³-hybridized carbons (Fsp3) is 0.444. The maximum atomic E-state index is 12.2. The summed E-state index contributed by atoms with van der Waals surface area (Å²) in [4.78, 5) is 16.8. The molecule has 0 unspecified atom stereocenters. The monoisotopic (exact) mass is 327 g/mol. The molecule has 1 fully saturated rings. The molecule has 0 saturated carbocycles. The van der Waals surface area contributed by atoms with E-state index in [2.05, 4.69) is 39.4 Å². The number of anilines is 1. The molecule has 2 aromatic rings. The lowest BCUT2D eigenvalue weighted by Gasteiger charge is -2.19. The summed E-state index contributed by atoms with van der Waals surface area (Å²) < 4.78 is 1.84. The lowest BCUT2D eigenvalue weighted by molar-refractivity contribution is -0.117. The van der Waals surface area contributed by atoms with Crippen molar-refractivity contribution in [1.29, 1.82) is 0 Å². The van der Waals surface area contributed by atoms with E-state index in [0.717, 1.165) is 38.3 Å². The molecule has 128 valence electrons. The molecule has 1 aliphatic heterocycles. The molecule has 6 heteroatoms. The number of nitrogens with one attached hydrogen (secondary N) is 1. The van der Waals surface area contributed by atoms with Gasteiger partial charge >= 0.3 is 0 Å². The Morgan fingerprint density at radius 3 is 2.83 bits per heavy atom. The van der Waals surface area contributed by atoms with E-state index in [9.17, 15) is 4.79 Å². The molecule has 0 bridgehead atoms. The highest BCUT2D eigenvalue weighted by Gasteiger charge is 2.15. The van der Waals surface area contributed by atoms with Gasteiger partial charge in [0, 0.05) is 19.3 Å². The summed E-state index contributed by atoms with van der Waals surface area (Å²) in [5.41, 5.74) is 1.94. The third kappa shape index (κ3) is 4.91. The van der Waals surface area contributed by atoms with E-state index >= 15 is 0 Å². The number of hydrogen-bond acceptors (Lipinski definition) is 4. The first-order valence-electron chi connectivity index (χ1n) is 8.46. The van der Waals surface area contributed by atoms with Crippen molar-refractivity contribution >= 4 is 11.6 Å². The normalized spacial score (nSPS) is 16.7. The van der Waals surface area contributed by atoms with Crippen LogP contribution < -0.4 is 5.32 Å². The van der Waals surface area contributed by atoms with Gasteiger partial charge in [-0.2, -0.15) is 5.10 Å². The highest BCUT2D eigenvalue weighted by molar-refractivity contribution is 5.91. The molecule has 24 heavy (non-hydrogen) atoms. The predicted molar refractivity (Wildman–Crippen MR) is 95.0 cm³/mol. The Labute approximate surface area is 143 Å². The van der Waals surface area contributed by atoms with Gasteiger partial charge in [0.25, 0.3) is 0 Å². The fourth-order valence-corrected chi connectivity index (χ4v) is 2.95. The van der Waals surface area contributed by atoms with Crippen LogP contribution in [0.25, 0.3) is 0 Å². The third-order valence-electron chi connectivity index (χ3n) is 4.28. The molecular weight excluding hydrogens is 302 g/mol. The number of amides is 1. The minimum atomic E-state index is 0.0267. The van der Waals surface area contributed by atoms with Crippen molar-refractivity contribution in [3.63, 3.8) is 0 Å². The van der Waals surface area contributed by atoms with Gasteiger partial charge in [-0.25, -0.2) is 0 Å². The molecule has 1 aromatic heterocycles. The average molecular weight is 327 g/mol. The summed E-state index contributed by atoms with van der Waals surface area (Å²) in [6, 6.07) is 10.2. The lowest BCUT2D eigenvalue weighted by atomic mass is 10.2. The Hall–Kier alpha value is -2.18. The van der Waals surface area contributed by atoms with Crippen LogP contribution in [-0.4, -0.2) is 65.3 Å². The van der Waals surface area contributed by atoms with Crippen LogP contribution in [0.5, 0.6) is 0 Å². The van der Waals surface area contributed by atoms with Crippen molar-refractivity contribution < 1.29 is 4.79 Å². The van der Waals surface area contributed by atoms with Crippen LogP contribution in [0.4, 0.5) is 5.69 Å². The van der Waals surface area contributed by atoms with Crippen LogP contribution >= 0.6 is 0 Å². The summed E-state index contributed by atoms with van der Waals surface area (Å²) >= 11 is 0. The van der Waals surface area contributed by atoms with Gasteiger partial charge in [-0.05, 0) is 32.1 Å². The second-order valence-corrected chi connectivity index (χ2v) is 6.39. The molecule has 3 rings (SSSR count). The number of carbonyl (C=O) groups is 1. The number of carbonyl (C=O) groups excluding carboxylic acids is 1. The standard InChI is InChI=1S/C18H25N5O/c1-21-8-5-9-22(11-10-21)15-18(24)20-17-12-19-23(14-17)13-16-6-3-2-4-7-16/h2-4,6-7,12,14H,5,8-11,13,15H2,1H3,(H,20,24). The molecule has 0 atom stereocenters. The third-order valence-corrected chi connectivity index (χ3v) is 4.28. The molecule has 1 aliphatic rings. The van der Waals surface area contributed by atoms with Gasteiger partial charge in [-0.15, -0.1) is 0 Å². The minimum absolute atomic E-state index is 0.0267. The maximum absolute atomic E-state index is 12.2. The van der Waals surface area contributed by atoms with Gasteiger partial charge in [0.2, 0.25) is 5.91 Å². The minimum Gasteiger partial charge on any atom is -0.322 e.